The van der Waals surface area contributed by atoms with E-state index < -0.39 is 0 Å². The van der Waals surface area contributed by atoms with E-state index in [2.05, 4.69) is 31.9 Å². The summed E-state index contributed by atoms with van der Waals surface area (Å²) in [6.45, 7) is 13.9. The maximum Gasteiger partial charge on any atom is 0.0456 e. The molecule has 0 aromatic heterocycles. The van der Waals surface area contributed by atoms with Crippen molar-refractivity contribution >= 4 is 0 Å². The minimum absolute atomic E-state index is 0.343. The molecule has 0 aliphatic heterocycles. The molecular weight excluding hydrogens is 122 g/mol. The largest absolute Gasteiger partial charge is 0.294 e. The lowest BCUT2D eigenvalue weighted by atomic mass is 10.2. The first kappa shape index (κ1) is 9.44. The van der Waals surface area contributed by atoms with Crippen LogP contribution < -0.4 is 0 Å². The lowest BCUT2D eigenvalue weighted by Crippen LogP contribution is -2.31. The molecule has 1 nitrogen and oxygen atoms in total. The lowest BCUT2D eigenvalue weighted by molar-refractivity contribution is 0.289. The third-order valence-corrected chi connectivity index (χ3v) is 1.72. The maximum absolute atomic E-state index is 3.74. The van der Waals surface area contributed by atoms with E-state index in [1.807, 2.05) is 12.2 Å². The summed E-state index contributed by atoms with van der Waals surface area (Å²) in [5.41, 5.74) is 0. The summed E-state index contributed by atoms with van der Waals surface area (Å²) in [7, 11) is 0. The van der Waals surface area contributed by atoms with Crippen LogP contribution in [0.5, 0.6) is 0 Å². The van der Waals surface area contributed by atoms with Gasteiger partial charge in [-0.15, -0.1) is 13.2 Å². The third-order valence-electron chi connectivity index (χ3n) is 1.72. The zero-order chi connectivity index (χ0) is 7.98. The first-order chi connectivity index (χ1) is 4.79. The van der Waals surface area contributed by atoms with Crippen LogP contribution in [0.2, 0.25) is 0 Å². The van der Waals surface area contributed by atoms with Gasteiger partial charge in [0, 0.05) is 6.04 Å². The molecule has 0 saturated heterocycles. The van der Waals surface area contributed by atoms with Crippen molar-refractivity contribution in [2.45, 2.75) is 19.9 Å². The second-order valence-electron chi connectivity index (χ2n) is 2.18. The predicted octanol–water partition coefficient (Wildman–Crippen LogP) is 2.07. The average Bonchev–Trinajstić information content (AvgIpc) is 2.00. The fourth-order valence-corrected chi connectivity index (χ4v) is 1.04. The summed E-state index contributed by atoms with van der Waals surface area (Å²) in [5.74, 6) is 0. The van der Waals surface area contributed by atoms with Gasteiger partial charge in [-0.05, 0) is 13.1 Å². The maximum atomic E-state index is 3.74. The predicted molar refractivity (Wildman–Crippen MR) is 47.1 cm³/mol. The van der Waals surface area contributed by atoms with Crippen LogP contribution in [0.1, 0.15) is 13.8 Å². The molecule has 0 spiro atoms. The second-order valence-corrected chi connectivity index (χ2v) is 2.18. The van der Waals surface area contributed by atoms with E-state index in [1.54, 1.807) is 0 Å². The van der Waals surface area contributed by atoms with Gasteiger partial charge in [0.1, 0.15) is 0 Å². The van der Waals surface area contributed by atoms with Gasteiger partial charge in [-0.1, -0.05) is 26.0 Å². The number of rotatable bonds is 5. The standard InChI is InChI=1S/C9H17N/c1-5-9(6-2)10(7-3)8-4/h5-6,9H,1-2,7-8H2,3-4H3. The van der Waals surface area contributed by atoms with Gasteiger partial charge >= 0.3 is 0 Å². The second kappa shape index (κ2) is 5.24. The van der Waals surface area contributed by atoms with Crippen LogP contribution in [0.25, 0.3) is 0 Å². The van der Waals surface area contributed by atoms with Crippen molar-refractivity contribution in [2.75, 3.05) is 13.1 Å². The van der Waals surface area contributed by atoms with Gasteiger partial charge in [-0.25, -0.2) is 0 Å². The van der Waals surface area contributed by atoms with Gasteiger partial charge in [-0.2, -0.15) is 0 Å². The first-order valence-corrected chi connectivity index (χ1v) is 3.79. The van der Waals surface area contributed by atoms with Gasteiger partial charge in [0.25, 0.3) is 0 Å². The van der Waals surface area contributed by atoms with Crippen LogP contribution in [-0.4, -0.2) is 24.0 Å². The molecule has 0 amide bonds. The molecule has 0 radical (unpaired) electrons. The Kier molecular flexibility index (Phi) is 4.95. The van der Waals surface area contributed by atoms with Crippen LogP contribution in [-0.2, 0) is 0 Å². The average molecular weight is 139 g/mol. The van der Waals surface area contributed by atoms with Crippen molar-refractivity contribution in [3.63, 3.8) is 0 Å². The molecule has 0 rings (SSSR count). The van der Waals surface area contributed by atoms with E-state index in [0.29, 0.717) is 6.04 Å². The normalized spacial score (nSPS) is 10.4. The molecule has 0 aliphatic rings. The molecule has 0 fully saturated rings. The Morgan fingerprint density at radius 3 is 1.70 bits per heavy atom. The molecule has 1 heteroatoms. The van der Waals surface area contributed by atoms with E-state index in [9.17, 15) is 0 Å². The zero-order valence-corrected chi connectivity index (χ0v) is 7.01. The molecule has 0 unspecified atom stereocenters. The molecule has 0 aromatic carbocycles. The highest BCUT2D eigenvalue weighted by Gasteiger charge is 2.05. The number of likely N-dealkylation sites (N-methyl/N-ethyl adjacent to an activating group) is 1. The highest BCUT2D eigenvalue weighted by atomic mass is 15.1. The van der Waals surface area contributed by atoms with Gasteiger partial charge < -0.3 is 0 Å². The van der Waals surface area contributed by atoms with Gasteiger partial charge in [0.05, 0.1) is 0 Å². The fraction of sp³-hybridized carbons (Fsp3) is 0.556. The summed E-state index contributed by atoms with van der Waals surface area (Å²) in [5, 5.41) is 0. The minimum atomic E-state index is 0.343. The molecule has 0 aromatic rings. The number of hydrogen-bond donors (Lipinski definition) is 0. The molecule has 0 saturated carbocycles. The molecule has 0 aliphatic carbocycles. The smallest absolute Gasteiger partial charge is 0.0456 e. The summed E-state index contributed by atoms with van der Waals surface area (Å²) in [4.78, 5) is 2.29. The zero-order valence-electron chi connectivity index (χ0n) is 7.01. The van der Waals surface area contributed by atoms with E-state index in [4.69, 9.17) is 0 Å². The molecule has 0 bridgehead atoms. The first-order valence-electron chi connectivity index (χ1n) is 3.79. The SMILES string of the molecule is C=CC(C=C)N(CC)CC. The fourth-order valence-electron chi connectivity index (χ4n) is 1.04. The van der Waals surface area contributed by atoms with Gasteiger partial charge in [0.2, 0.25) is 0 Å². The quantitative estimate of drug-likeness (QED) is 0.527. The van der Waals surface area contributed by atoms with Crippen molar-refractivity contribution in [2.24, 2.45) is 0 Å². The van der Waals surface area contributed by atoms with Crippen molar-refractivity contribution in [3.05, 3.63) is 25.3 Å². The van der Waals surface area contributed by atoms with Crippen molar-refractivity contribution in [1.29, 1.82) is 0 Å². The summed E-state index contributed by atoms with van der Waals surface area (Å²) >= 11 is 0. The summed E-state index contributed by atoms with van der Waals surface area (Å²) < 4.78 is 0. The lowest BCUT2D eigenvalue weighted by Gasteiger charge is -2.23. The van der Waals surface area contributed by atoms with E-state index >= 15 is 0 Å². The van der Waals surface area contributed by atoms with E-state index in [1.165, 1.54) is 0 Å². The molecule has 10 heavy (non-hydrogen) atoms. The molecule has 58 valence electrons. The summed E-state index contributed by atoms with van der Waals surface area (Å²) in [6, 6.07) is 0.343. The highest BCUT2D eigenvalue weighted by Crippen LogP contribution is 1.99. The Labute approximate surface area is 64.0 Å². The Morgan fingerprint density at radius 1 is 1.20 bits per heavy atom. The molecular formula is C9H17N. The van der Waals surface area contributed by atoms with Crippen LogP contribution >= 0.6 is 0 Å². The Bertz CT molecular complexity index is 95.3. The Morgan fingerprint density at radius 2 is 1.60 bits per heavy atom. The molecule has 0 heterocycles. The Hall–Kier alpha value is -0.560. The molecule has 0 atom stereocenters. The summed E-state index contributed by atoms with van der Waals surface area (Å²) in [6.07, 6.45) is 3.83. The van der Waals surface area contributed by atoms with Gasteiger partial charge in [0.15, 0.2) is 0 Å². The van der Waals surface area contributed by atoms with Crippen LogP contribution in [0, 0.1) is 0 Å². The van der Waals surface area contributed by atoms with Gasteiger partial charge in [-0.3, -0.25) is 4.90 Å². The van der Waals surface area contributed by atoms with Crippen LogP contribution in [0.3, 0.4) is 0 Å². The number of nitrogens with zero attached hydrogens (tertiary/aromatic N) is 1. The van der Waals surface area contributed by atoms with E-state index in [-0.39, 0.29) is 0 Å². The van der Waals surface area contributed by atoms with Crippen molar-refractivity contribution in [1.82, 2.24) is 4.90 Å². The minimum Gasteiger partial charge on any atom is -0.294 e. The third kappa shape index (κ3) is 2.36. The highest BCUT2D eigenvalue weighted by molar-refractivity contribution is 4.99. The topological polar surface area (TPSA) is 3.24 Å². The monoisotopic (exact) mass is 139 g/mol. The van der Waals surface area contributed by atoms with Crippen LogP contribution in [0.4, 0.5) is 0 Å². The van der Waals surface area contributed by atoms with Crippen molar-refractivity contribution in [3.8, 4) is 0 Å². The molecule has 0 N–H and O–H groups in total. The van der Waals surface area contributed by atoms with Crippen LogP contribution in [0.15, 0.2) is 25.3 Å². The Balaban J connectivity index is 3.93. The van der Waals surface area contributed by atoms with E-state index in [0.717, 1.165) is 13.1 Å². The number of hydrogen-bond acceptors (Lipinski definition) is 1. The van der Waals surface area contributed by atoms with Crippen molar-refractivity contribution < 1.29 is 0 Å².